The van der Waals surface area contributed by atoms with Crippen molar-refractivity contribution in [2.24, 2.45) is 5.73 Å². The Hall–Kier alpha value is -1.06. The molecule has 0 saturated carbocycles. The van der Waals surface area contributed by atoms with E-state index < -0.39 is 0 Å². The fraction of sp³-hybridized carbons (Fsp3) is 0.364. The lowest BCUT2D eigenvalue weighted by molar-refractivity contribution is 0.488. The Labute approximate surface area is 93.2 Å². The predicted octanol–water partition coefficient (Wildman–Crippen LogP) is 2.85. The number of aromatic nitrogens is 1. The van der Waals surface area contributed by atoms with E-state index in [2.05, 4.69) is 4.98 Å². The molecule has 0 aliphatic rings. The van der Waals surface area contributed by atoms with Gasteiger partial charge in [-0.3, -0.25) is 0 Å². The van der Waals surface area contributed by atoms with Crippen LogP contribution in [0.3, 0.4) is 0 Å². The molecule has 1 aromatic heterocycles. The Morgan fingerprint density at radius 2 is 2.27 bits per heavy atom. The van der Waals surface area contributed by atoms with Gasteiger partial charge < -0.3 is 10.2 Å². The average Bonchev–Trinajstić information content (AvgIpc) is 2.60. The normalized spacial score (nSPS) is 13.3. The summed E-state index contributed by atoms with van der Waals surface area (Å²) in [5, 5.41) is 0.681. The van der Waals surface area contributed by atoms with Gasteiger partial charge in [-0.15, -0.1) is 0 Å². The summed E-state index contributed by atoms with van der Waals surface area (Å²) in [6, 6.07) is 3.67. The zero-order valence-electron chi connectivity index (χ0n) is 8.75. The van der Waals surface area contributed by atoms with Crippen LogP contribution in [0.4, 0.5) is 0 Å². The molecule has 0 bridgehead atoms. The van der Waals surface area contributed by atoms with Crippen molar-refractivity contribution >= 4 is 22.7 Å². The van der Waals surface area contributed by atoms with Crippen molar-refractivity contribution in [1.29, 1.82) is 0 Å². The molecule has 4 heteroatoms. The minimum absolute atomic E-state index is 0.135. The Morgan fingerprint density at radius 1 is 1.53 bits per heavy atom. The highest BCUT2D eigenvalue weighted by Gasteiger charge is 2.13. The first-order valence-corrected chi connectivity index (χ1v) is 5.26. The molecule has 0 fully saturated rings. The third-order valence-electron chi connectivity index (χ3n) is 2.43. The summed E-state index contributed by atoms with van der Waals surface area (Å²) in [7, 11) is 0. The smallest absolute Gasteiger partial charge is 0.199 e. The van der Waals surface area contributed by atoms with E-state index in [1.165, 1.54) is 0 Å². The molecule has 1 atom stereocenters. The number of hydrogen-bond acceptors (Lipinski definition) is 3. The second kappa shape index (κ2) is 3.83. The van der Waals surface area contributed by atoms with Gasteiger partial charge in [-0.1, -0.05) is 18.5 Å². The molecule has 1 unspecified atom stereocenters. The minimum Gasteiger partial charge on any atom is -0.440 e. The number of oxazole rings is 1. The second-order valence-corrected chi connectivity index (χ2v) is 4.20. The maximum absolute atomic E-state index is 5.94. The lowest BCUT2D eigenvalue weighted by atomic mass is 10.2. The van der Waals surface area contributed by atoms with Crippen molar-refractivity contribution in [1.82, 2.24) is 4.98 Å². The summed E-state index contributed by atoms with van der Waals surface area (Å²) in [6.07, 6.45) is 0. The summed E-state index contributed by atoms with van der Waals surface area (Å²) in [4.78, 5) is 4.37. The van der Waals surface area contributed by atoms with Crippen molar-refractivity contribution in [3.63, 3.8) is 0 Å². The summed E-state index contributed by atoms with van der Waals surface area (Å²) in [6.45, 7) is 4.47. The Morgan fingerprint density at radius 3 is 2.93 bits per heavy atom. The molecule has 0 spiro atoms. The highest BCUT2D eigenvalue weighted by molar-refractivity contribution is 6.31. The summed E-state index contributed by atoms with van der Waals surface area (Å²) < 4.78 is 5.66. The van der Waals surface area contributed by atoms with E-state index in [0.29, 0.717) is 17.5 Å². The molecule has 15 heavy (non-hydrogen) atoms. The van der Waals surface area contributed by atoms with Gasteiger partial charge in [0.25, 0.3) is 0 Å². The maximum Gasteiger partial charge on any atom is 0.199 e. The average molecular weight is 225 g/mol. The lowest BCUT2D eigenvalue weighted by Gasteiger charge is -2.00. The van der Waals surface area contributed by atoms with Crippen LogP contribution in [0.5, 0.6) is 0 Å². The lowest BCUT2D eigenvalue weighted by Crippen LogP contribution is -2.08. The molecule has 2 N–H and O–H groups in total. The van der Waals surface area contributed by atoms with E-state index in [9.17, 15) is 0 Å². The number of nitrogens with two attached hydrogens (primary N) is 1. The van der Waals surface area contributed by atoms with Crippen LogP contribution in [-0.2, 0) is 0 Å². The molecule has 0 aliphatic heterocycles. The molecule has 2 aromatic rings. The zero-order valence-corrected chi connectivity index (χ0v) is 9.51. The van der Waals surface area contributed by atoms with Crippen LogP contribution < -0.4 is 5.73 Å². The Balaban J connectivity index is 2.60. The largest absolute Gasteiger partial charge is 0.440 e. The molecule has 3 nitrogen and oxygen atoms in total. The van der Waals surface area contributed by atoms with Gasteiger partial charge in [-0.25, -0.2) is 4.98 Å². The number of hydrogen-bond donors (Lipinski definition) is 1. The quantitative estimate of drug-likeness (QED) is 0.854. The number of rotatable bonds is 2. The van der Waals surface area contributed by atoms with Crippen LogP contribution in [-0.4, -0.2) is 11.5 Å². The van der Waals surface area contributed by atoms with Gasteiger partial charge in [-0.05, 0) is 24.6 Å². The van der Waals surface area contributed by atoms with Crippen LogP contribution in [0.25, 0.3) is 11.1 Å². The van der Waals surface area contributed by atoms with Crippen LogP contribution in [0.15, 0.2) is 16.5 Å². The second-order valence-electron chi connectivity index (χ2n) is 3.76. The van der Waals surface area contributed by atoms with E-state index >= 15 is 0 Å². The van der Waals surface area contributed by atoms with Gasteiger partial charge in [0.05, 0.1) is 0 Å². The van der Waals surface area contributed by atoms with Gasteiger partial charge in [0.1, 0.15) is 5.52 Å². The summed E-state index contributed by atoms with van der Waals surface area (Å²) >= 11 is 5.94. The molecule has 0 radical (unpaired) electrons. The molecule has 1 aromatic carbocycles. The summed E-state index contributed by atoms with van der Waals surface area (Å²) in [5.41, 5.74) is 8.17. The van der Waals surface area contributed by atoms with E-state index in [1.54, 1.807) is 6.07 Å². The molecule has 0 aliphatic carbocycles. The van der Waals surface area contributed by atoms with Gasteiger partial charge in [0, 0.05) is 17.5 Å². The highest BCUT2D eigenvalue weighted by atomic mass is 35.5. The fourth-order valence-electron chi connectivity index (χ4n) is 1.49. The molecule has 0 saturated heterocycles. The molecule has 80 valence electrons. The molecular formula is C11H13ClN2O. The van der Waals surface area contributed by atoms with Gasteiger partial charge >= 0.3 is 0 Å². The first-order valence-electron chi connectivity index (χ1n) is 4.88. The number of benzene rings is 1. The highest BCUT2D eigenvalue weighted by Crippen LogP contribution is 2.26. The van der Waals surface area contributed by atoms with Crippen LogP contribution in [0, 0.1) is 6.92 Å². The molecular weight excluding hydrogens is 212 g/mol. The van der Waals surface area contributed by atoms with Crippen LogP contribution in [0.2, 0.25) is 5.02 Å². The molecule has 1 heterocycles. The number of halogens is 1. The SMILES string of the molecule is Cc1cc(Cl)cc2nc(C(C)CN)oc12. The standard InChI is InChI=1S/C11H13ClN2O/c1-6-3-8(12)4-9-10(6)15-11(14-9)7(2)5-13/h3-4,7H,5,13H2,1-2H3. The van der Waals surface area contributed by atoms with Crippen molar-refractivity contribution in [3.05, 3.63) is 28.6 Å². The van der Waals surface area contributed by atoms with Crippen molar-refractivity contribution in [3.8, 4) is 0 Å². The van der Waals surface area contributed by atoms with Gasteiger partial charge in [0.15, 0.2) is 11.5 Å². The fourth-order valence-corrected chi connectivity index (χ4v) is 1.75. The molecule has 0 amide bonds. The third kappa shape index (κ3) is 1.85. The third-order valence-corrected chi connectivity index (χ3v) is 2.65. The predicted molar refractivity (Wildman–Crippen MR) is 61.2 cm³/mol. The number of nitrogens with zero attached hydrogens (tertiary/aromatic N) is 1. The van der Waals surface area contributed by atoms with Crippen molar-refractivity contribution in [2.45, 2.75) is 19.8 Å². The first kappa shape index (κ1) is 10.5. The van der Waals surface area contributed by atoms with Crippen LogP contribution >= 0.6 is 11.6 Å². The van der Waals surface area contributed by atoms with E-state index in [1.807, 2.05) is 19.9 Å². The Bertz CT molecular complexity index is 493. The maximum atomic E-state index is 5.94. The zero-order chi connectivity index (χ0) is 11.0. The van der Waals surface area contributed by atoms with E-state index in [-0.39, 0.29) is 5.92 Å². The minimum atomic E-state index is 0.135. The van der Waals surface area contributed by atoms with Crippen molar-refractivity contribution in [2.75, 3.05) is 6.54 Å². The topological polar surface area (TPSA) is 52.0 Å². The Kier molecular flexibility index (Phi) is 2.67. The number of fused-ring (bicyclic) bond motifs is 1. The van der Waals surface area contributed by atoms with E-state index in [0.717, 1.165) is 16.7 Å². The van der Waals surface area contributed by atoms with Crippen LogP contribution in [0.1, 0.15) is 24.3 Å². The van der Waals surface area contributed by atoms with Gasteiger partial charge in [0.2, 0.25) is 0 Å². The van der Waals surface area contributed by atoms with Crippen molar-refractivity contribution < 1.29 is 4.42 Å². The first-order chi connectivity index (χ1) is 7.11. The monoisotopic (exact) mass is 224 g/mol. The number of aryl methyl sites for hydroxylation is 1. The molecule has 2 rings (SSSR count). The summed E-state index contributed by atoms with van der Waals surface area (Å²) in [5.74, 6) is 0.813. The van der Waals surface area contributed by atoms with Gasteiger partial charge in [-0.2, -0.15) is 0 Å². The van der Waals surface area contributed by atoms with E-state index in [4.69, 9.17) is 21.8 Å².